The van der Waals surface area contributed by atoms with Crippen LogP contribution in [0.3, 0.4) is 0 Å². The van der Waals surface area contributed by atoms with Crippen molar-refractivity contribution in [1.29, 1.82) is 0 Å². The molecule has 0 spiro atoms. The third-order valence-corrected chi connectivity index (χ3v) is 4.97. The van der Waals surface area contributed by atoms with Crippen molar-refractivity contribution >= 4 is 11.9 Å². The summed E-state index contributed by atoms with van der Waals surface area (Å²) in [5.74, 6) is -2.13. The molecule has 0 aromatic heterocycles. The highest BCUT2D eigenvalue weighted by molar-refractivity contribution is 5.86. The van der Waals surface area contributed by atoms with E-state index in [0.717, 1.165) is 12.1 Å². The maximum Gasteiger partial charge on any atom is 0.416 e. The van der Waals surface area contributed by atoms with Crippen molar-refractivity contribution in [2.24, 2.45) is 5.92 Å². The molecule has 1 aliphatic carbocycles. The highest BCUT2D eigenvalue weighted by Crippen LogP contribution is 2.49. The van der Waals surface area contributed by atoms with Gasteiger partial charge in [-0.15, -0.1) is 0 Å². The molecule has 1 heterocycles. The molecule has 142 valence electrons. The molecule has 26 heavy (non-hydrogen) atoms. The van der Waals surface area contributed by atoms with Crippen LogP contribution in [0.4, 0.5) is 13.2 Å². The number of ether oxygens (including phenoxy) is 1. The number of carboxylic acid groups (broad SMARTS) is 1. The highest BCUT2D eigenvalue weighted by atomic mass is 19.4. The molecule has 1 saturated heterocycles. The Kier molecular flexibility index (Phi) is 5.22. The van der Waals surface area contributed by atoms with Gasteiger partial charge in [-0.25, -0.2) is 0 Å². The Morgan fingerprint density at radius 1 is 1.23 bits per heavy atom. The van der Waals surface area contributed by atoms with Crippen molar-refractivity contribution in [1.82, 2.24) is 4.90 Å². The lowest BCUT2D eigenvalue weighted by Crippen LogP contribution is -2.46. The van der Waals surface area contributed by atoms with Crippen LogP contribution in [-0.2, 0) is 20.5 Å². The molecule has 1 aliphatic heterocycles. The molecule has 8 heteroatoms. The smallest absolute Gasteiger partial charge is 0.416 e. The summed E-state index contributed by atoms with van der Waals surface area (Å²) in [5, 5.41) is 9.12. The molecule has 1 amide bonds. The summed E-state index contributed by atoms with van der Waals surface area (Å²) >= 11 is 0. The lowest BCUT2D eigenvalue weighted by Gasteiger charge is -2.33. The van der Waals surface area contributed by atoms with Gasteiger partial charge in [-0.1, -0.05) is 18.2 Å². The van der Waals surface area contributed by atoms with Crippen LogP contribution < -0.4 is 0 Å². The summed E-state index contributed by atoms with van der Waals surface area (Å²) in [5.41, 5.74) is -0.264. The first kappa shape index (κ1) is 18.7. The van der Waals surface area contributed by atoms with E-state index in [1.165, 1.54) is 11.0 Å². The number of amides is 1. The van der Waals surface area contributed by atoms with Crippen LogP contribution in [0.1, 0.15) is 36.3 Å². The molecule has 2 atom stereocenters. The molecule has 0 bridgehead atoms. The molecule has 5 nitrogen and oxygen atoms in total. The molecule has 3 rings (SSSR count). The van der Waals surface area contributed by atoms with Gasteiger partial charge in [0.25, 0.3) is 0 Å². The van der Waals surface area contributed by atoms with Gasteiger partial charge in [0.2, 0.25) is 5.91 Å². The zero-order valence-electron chi connectivity index (χ0n) is 14.0. The fourth-order valence-corrected chi connectivity index (χ4v) is 3.52. The first-order valence-corrected chi connectivity index (χ1v) is 8.54. The first-order chi connectivity index (χ1) is 12.3. The number of halogens is 3. The number of carbonyl (C=O) groups excluding carboxylic acids is 1. The normalized spacial score (nSPS) is 23.5. The molecule has 2 aliphatic rings. The van der Waals surface area contributed by atoms with Crippen molar-refractivity contribution < 1.29 is 32.6 Å². The third kappa shape index (κ3) is 4.17. The number of benzene rings is 1. The number of alkyl halides is 3. The largest absolute Gasteiger partial charge is 0.480 e. The van der Waals surface area contributed by atoms with E-state index >= 15 is 0 Å². The minimum absolute atomic E-state index is 0.199. The average Bonchev–Trinajstić information content (AvgIpc) is 3.40. The summed E-state index contributed by atoms with van der Waals surface area (Å²) in [4.78, 5) is 25.3. The van der Waals surface area contributed by atoms with Gasteiger partial charge in [0.15, 0.2) is 0 Å². The topological polar surface area (TPSA) is 66.8 Å². The molecule has 0 radical (unpaired) electrons. The van der Waals surface area contributed by atoms with Gasteiger partial charge >= 0.3 is 12.1 Å². The first-order valence-electron chi connectivity index (χ1n) is 8.54. The van der Waals surface area contributed by atoms with Gasteiger partial charge in [0, 0.05) is 25.2 Å². The maximum atomic E-state index is 12.9. The number of aliphatic carboxylic acids is 1. The summed E-state index contributed by atoms with van der Waals surface area (Å²) < 4.78 is 43.9. The van der Waals surface area contributed by atoms with Crippen LogP contribution >= 0.6 is 0 Å². The van der Waals surface area contributed by atoms with Crippen LogP contribution in [0, 0.1) is 5.92 Å². The van der Waals surface area contributed by atoms with Crippen LogP contribution in [0.15, 0.2) is 24.3 Å². The van der Waals surface area contributed by atoms with E-state index in [2.05, 4.69) is 0 Å². The lowest BCUT2D eigenvalue weighted by molar-refractivity contribution is -0.148. The fraction of sp³-hybridized carbons (Fsp3) is 0.556. The number of rotatable bonds is 5. The molecule has 1 aromatic carbocycles. The second kappa shape index (κ2) is 7.26. The second-order valence-corrected chi connectivity index (χ2v) is 6.78. The molecule has 1 N–H and O–H groups in total. The van der Waals surface area contributed by atoms with Gasteiger partial charge in [0.1, 0.15) is 6.54 Å². The molecule has 1 aromatic rings. The molecular formula is C18H20F3NO4. The Morgan fingerprint density at radius 2 is 1.92 bits per heavy atom. The van der Waals surface area contributed by atoms with Crippen LogP contribution in [0.25, 0.3) is 0 Å². The quantitative estimate of drug-likeness (QED) is 0.864. The number of carbonyl (C=O) groups is 2. The van der Waals surface area contributed by atoms with Crippen molar-refractivity contribution in [3.8, 4) is 0 Å². The number of nitrogens with zero attached hydrogens (tertiary/aromatic N) is 1. The van der Waals surface area contributed by atoms with Gasteiger partial charge in [-0.3, -0.25) is 9.59 Å². The summed E-state index contributed by atoms with van der Waals surface area (Å²) in [6.45, 7) is 0.543. The molecule has 2 fully saturated rings. The van der Waals surface area contributed by atoms with Crippen LogP contribution in [0.2, 0.25) is 0 Å². The Labute approximate surface area is 148 Å². The minimum Gasteiger partial charge on any atom is -0.480 e. The second-order valence-electron chi connectivity index (χ2n) is 6.78. The average molecular weight is 371 g/mol. The van der Waals surface area contributed by atoms with Crippen molar-refractivity contribution in [3.63, 3.8) is 0 Å². The Hall–Kier alpha value is -2.09. The molecule has 0 unspecified atom stereocenters. The predicted octanol–water partition coefficient (Wildman–Crippen LogP) is 2.90. The standard InChI is InChI=1S/C18H20F3NO4/c19-18(20,21)12-3-1-2-11(8-12)14-9-15(14)17(25)22(10-16(23)24)13-4-6-26-7-5-13/h1-3,8,13-15H,4-7,9-10H2,(H,23,24)/t14-,15+/m0/s1. The van der Waals surface area contributed by atoms with E-state index in [0.29, 0.717) is 38.0 Å². The zero-order valence-corrected chi connectivity index (χ0v) is 14.0. The molecular weight excluding hydrogens is 351 g/mol. The maximum absolute atomic E-state index is 12.9. The van der Waals surface area contributed by atoms with E-state index in [4.69, 9.17) is 9.84 Å². The summed E-state index contributed by atoms with van der Waals surface area (Å²) in [6, 6.07) is 4.81. The monoisotopic (exact) mass is 371 g/mol. The van der Waals surface area contributed by atoms with Crippen LogP contribution in [-0.4, -0.2) is 47.7 Å². The number of hydrogen-bond donors (Lipinski definition) is 1. The van der Waals surface area contributed by atoms with Crippen molar-refractivity contribution in [3.05, 3.63) is 35.4 Å². The SMILES string of the molecule is O=C(O)CN(C(=O)[C@@H]1C[C@H]1c1cccc(C(F)(F)F)c1)C1CCOCC1. The van der Waals surface area contributed by atoms with E-state index in [-0.39, 0.29) is 17.9 Å². The number of carboxylic acids is 1. The van der Waals surface area contributed by atoms with Gasteiger partial charge in [-0.05, 0) is 36.8 Å². The summed E-state index contributed by atoms with van der Waals surface area (Å²) in [7, 11) is 0. The van der Waals surface area contributed by atoms with Gasteiger partial charge < -0.3 is 14.7 Å². The minimum atomic E-state index is -4.43. The Bertz CT molecular complexity index is 685. The summed E-state index contributed by atoms with van der Waals surface area (Å²) in [6.07, 6.45) is -2.85. The van der Waals surface area contributed by atoms with Gasteiger partial charge in [-0.2, -0.15) is 13.2 Å². The van der Waals surface area contributed by atoms with Crippen molar-refractivity contribution in [2.45, 2.75) is 37.4 Å². The third-order valence-electron chi connectivity index (χ3n) is 4.97. The Morgan fingerprint density at radius 3 is 2.54 bits per heavy atom. The Balaban J connectivity index is 1.72. The fourth-order valence-electron chi connectivity index (χ4n) is 3.52. The van der Waals surface area contributed by atoms with E-state index < -0.39 is 30.2 Å². The highest BCUT2D eigenvalue weighted by Gasteiger charge is 2.47. The number of hydrogen-bond acceptors (Lipinski definition) is 3. The van der Waals surface area contributed by atoms with E-state index in [1.54, 1.807) is 6.07 Å². The van der Waals surface area contributed by atoms with E-state index in [1.807, 2.05) is 0 Å². The van der Waals surface area contributed by atoms with Crippen LogP contribution in [0.5, 0.6) is 0 Å². The van der Waals surface area contributed by atoms with Gasteiger partial charge in [0.05, 0.1) is 5.56 Å². The zero-order chi connectivity index (χ0) is 18.9. The molecule has 1 saturated carbocycles. The lowest BCUT2D eigenvalue weighted by atomic mass is 10.0. The van der Waals surface area contributed by atoms with Crippen molar-refractivity contribution in [2.75, 3.05) is 19.8 Å². The predicted molar refractivity (Wildman–Crippen MR) is 85.5 cm³/mol. The van der Waals surface area contributed by atoms with E-state index in [9.17, 15) is 22.8 Å².